The molecule has 162 valence electrons. The third-order valence-electron chi connectivity index (χ3n) is 5.41. The molecule has 0 bridgehead atoms. The Morgan fingerprint density at radius 1 is 1.00 bits per heavy atom. The van der Waals surface area contributed by atoms with Crippen molar-refractivity contribution in [3.63, 3.8) is 0 Å². The molecule has 1 aliphatic heterocycles. The minimum atomic E-state index is -2.49. The van der Waals surface area contributed by atoms with E-state index >= 15 is 0 Å². The van der Waals surface area contributed by atoms with Gasteiger partial charge in [0.25, 0.3) is 0 Å². The molecule has 2 aromatic heterocycles. The summed E-state index contributed by atoms with van der Waals surface area (Å²) in [5.41, 5.74) is 4.11. The molecule has 2 aromatic carbocycles. The van der Waals surface area contributed by atoms with Crippen LogP contribution in [0.1, 0.15) is 12.0 Å². The summed E-state index contributed by atoms with van der Waals surface area (Å²) in [6.45, 7) is 3.50. The van der Waals surface area contributed by atoms with Gasteiger partial charge in [0.2, 0.25) is 11.9 Å². The Morgan fingerprint density at radius 2 is 1.84 bits per heavy atom. The zero-order valence-electron chi connectivity index (χ0n) is 17.8. The number of benzene rings is 2. The van der Waals surface area contributed by atoms with E-state index in [1.807, 2.05) is 48.5 Å². The van der Waals surface area contributed by atoms with Gasteiger partial charge in [-0.05, 0) is 55.6 Å². The zero-order chi connectivity index (χ0) is 22.3. The van der Waals surface area contributed by atoms with Gasteiger partial charge in [0.05, 0.1) is 11.1 Å². The highest BCUT2D eigenvalue weighted by molar-refractivity contribution is 7.70. The average Bonchev–Trinajstić information content (AvgIpc) is 3.22. The molecule has 0 atom stereocenters. The average molecular weight is 446 g/mol. The molecule has 0 spiro atoms. The van der Waals surface area contributed by atoms with Crippen LogP contribution in [-0.4, -0.2) is 34.2 Å². The second-order valence-corrected chi connectivity index (χ2v) is 11.4. The van der Waals surface area contributed by atoms with E-state index in [2.05, 4.69) is 30.9 Å². The number of para-hydroxylation sites is 1. The van der Waals surface area contributed by atoms with E-state index in [4.69, 9.17) is 0 Å². The van der Waals surface area contributed by atoms with Gasteiger partial charge in [0.15, 0.2) is 0 Å². The van der Waals surface area contributed by atoms with Crippen LogP contribution in [0.5, 0.6) is 0 Å². The first-order valence-electron chi connectivity index (χ1n) is 10.3. The third-order valence-corrected chi connectivity index (χ3v) is 6.96. The molecule has 32 heavy (non-hydrogen) atoms. The lowest BCUT2D eigenvalue weighted by molar-refractivity contribution is -0.116. The second-order valence-electron chi connectivity index (χ2n) is 8.17. The standard InChI is InChI=1S/C23H23N6O2P/c1-32(2,31)19-6-4-3-5-17(19)27-22-16-11-12-24-21(16)28-23(29-22)25-15-9-7-14-8-10-20(30)26-18(14)13-15/h3-7,9,11-13H,8,10H2,1-2H3,(H,26,30)(H3,24,25,27,28,29). The fourth-order valence-electron chi connectivity index (χ4n) is 3.85. The molecule has 9 heteroatoms. The van der Waals surface area contributed by atoms with E-state index in [0.29, 0.717) is 23.8 Å². The van der Waals surface area contributed by atoms with Crippen molar-refractivity contribution in [3.8, 4) is 0 Å². The van der Waals surface area contributed by atoms with Crippen LogP contribution in [0.2, 0.25) is 0 Å². The molecule has 0 radical (unpaired) electrons. The first kappa shape index (κ1) is 20.3. The van der Waals surface area contributed by atoms with E-state index in [1.54, 1.807) is 19.5 Å². The number of fused-ring (bicyclic) bond motifs is 2. The van der Waals surface area contributed by atoms with Crippen LogP contribution in [0.3, 0.4) is 0 Å². The van der Waals surface area contributed by atoms with Crippen molar-refractivity contribution in [1.82, 2.24) is 15.0 Å². The second kappa shape index (κ2) is 7.80. The maximum atomic E-state index is 12.8. The number of carbonyl (C=O) groups excluding carboxylic acids is 1. The molecule has 1 amide bonds. The number of nitrogens with one attached hydrogen (secondary N) is 4. The van der Waals surface area contributed by atoms with Crippen LogP contribution < -0.4 is 21.3 Å². The van der Waals surface area contributed by atoms with Gasteiger partial charge in [-0.25, -0.2) is 0 Å². The molecule has 0 unspecified atom stereocenters. The Morgan fingerprint density at radius 3 is 2.69 bits per heavy atom. The summed E-state index contributed by atoms with van der Waals surface area (Å²) in [5, 5.41) is 11.1. The van der Waals surface area contributed by atoms with E-state index in [-0.39, 0.29) is 5.91 Å². The summed E-state index contributed by atoms with van der Waals surface area (Å²) in [7, 11) is -2.49. The van der Waals surface area contributed by atoms with Crippen LogP contribution >= 0.6 is 7.14 Å². The fraction of sp³-hybridized carbons (Fsp3) is 0.174. The highest BCUT2D eigenvalue weighted by atomic mass is 31.2. The van der Waals surface area contributed by atoms with Crippen molar-refractivity contribution in [3.05, 3.63) is 60.3 Å². The van der Waals surface area contributed by atoms with Gasteiger partial charge in [-0.3, -0.25) is 4.79 Å². The van der Waals surface area contributed by atoms with Crippen molar-refractivity contribution < 1.29 is 9.36 Å². The van der Waals surface area contributed by atoms with Crippen molar-refractivity contribution >= 4 is 58.2 Å². The summed E-state index contributed by atoms with van der Waals surface area (Å²) in [4.78, 5) is 24.1. The zero-order valence-corrected chi connectivity index (χ0v) is 18.7. The van der Waals surface area contributed by atoms with Crippen LogP contribution in [0.15, 0.2) is 54.7 Å². The summed E-state index contributed by atoms with van der Waals surface area (Å²) in [5.74, 6) is 1.03. The molecule has 5 rings (SSSR count). The minimum Gasteiger partial charge on any atom is -0.346 e. The lowest BCUT2D eigenvalue weighted by atomic mass is 10.0. The van der Waals surface area contributed by atoms with Crippen LogP contribution in [0, 0.1) is 0 Å². The predicted molar refractivity (Wildman–Crippen MR) is 129 cm³/mol. The van der Waals surface area contributed by atoms with Crippen LogP contribution in [0.4, 0.5) is 28.8 Å². The fourth-order valence-corrected chi connectivity index (χ4v) is 5.00. The van der Waals surface area contributed by atoms with Crippen LogP contribution in [0.25, 0.3) is 11.0 Å². The molecular weight excluding hydrogens is 423 g/mol. The molecule has 0 fully saturated rings. The minimum absolute atomic E-state index is 0.0213. The molecule has 8 nitrogen and oxygen atoms in total. The summed E-state index contributed by atoms with van der Waals surface area (Å²) < 4.78 is 12.8. The predicted octanol–water partition coefficient (Wildman–Crippen LogP) is 4.58. The molecule has 0 aliphatic carbocycles. The maximum Gasteiger partial charge on any atom is 0.231 e. The number of H-pyrrole nitrogens is 1. The quantitative estimate of drug-likeness (QED) is 0.334. The Kier molecular flexibility index (Phi) is 4.94. The number of rotatable bonds is 5. The number of hydrogen-bond donors (Lipinski definition) is 4. The van der Waals surface area contributed by atoms with E-state index in [1.165, 1.54) is 0 Å². The summed E-state index contributed by atoms with van der Waals surface area (Å²) in [6, 6.07) is 15.3. The van der Waals surface area contributed by atoms with E-state index in [0.717, 1.165) is 39.7 Å². The first-order valence-corrected chi connectivity index (χ1v) is 12.9. The van der Waals surface area contributed by atoms with Gasteiger partial charge >= 0.3 is 0 Å². The number of aromatic amines is 1. The number of hydrogen-bond acceptors (Lipinski definition) is 6. The highest BCUT2D eigenvalue weighted by Gasteiger charge is 2.18. The number of carbonyl (C=O) groups is 1. The van der Waals surface area contributed by atoms with Gasteiger partial charge in [-0.15, -0.1) is 0 Å². The SMILES string of the molecule is CP(C)(=O)c1ccccc1Nc1nc(Nc2ccc3c(c2)NC(=O)CC3)nc2[nH]ccc12. The Bertz CT molecular complexity index is 1390. The van der Waals surface area contributed by atoms with Crippen molar-refractivity contribution in [2.24, 2.45) is 0 Å². The first-order chi connectivity index (χ1) is 15.4. The number of aromatic nitrogens is 3. The van der Waals surface area contributed by atoms with E-state index in [9.17, 15) is 9.36 Å². The molecule has 4 N–H and O–H groups in total. The molecule has 3 heterocycles. The number of nitrogens with zero attached hydrogens (tertiary/aromatic N) is 2. The van der Waals surface area contributed by atoms with E-state index < -0.39 is 7.14 Å². The van der Waals surface area contributed by atoms with Gasteiger partial charge in [0.1, 0.15) is 18.6 Å². The maximum absolute atomic E-state index is 12.8. The molecule has 0 saturated carbocycles. The van der Waals surface area contributed by atoms with Crippen molar-refractivity contribution in [2.45, 2.75) is 12.8 Å². The number of aryl methyl sites for hydroxylation is 1. The van der Waals surface area contributed by atoms with Gasteiger partial charge in [0, 0.05) is 29.3 Å². The lowest BCUT2D eigenvalue weighted by Gasteiger charge is -2.18. The third kappa shape index (κ3) is 3.97. The largest absolute Gasteiger partial charge is 0.346 e. The van der Waals surface area contributed by atoms with Crippen molar-refractivity contribution in [2.75, 3.05) is 29.3 Å². The Labute approximate surface area is 185 Å². The van der Waals surface area contributed by atoms with Crippen LogP contribution in [-0.2, 0) is 15.8 Å². The highest BCUT2D eigenvalue weighted by Crippen LogP contribution is 2.38. The molecule has 0 saturated heterocycles. The smallest absolute Gasteiger partial charge is 0.231 e. The van der Waals surface area contributed by atoms with Gasteiger partial charge < -0.3 is 25.5 Å². The van der Waals surface area contributed by atoms with Crippen molar-refractivity contribution in [1.29, 1.82) is 0 Å². The topological polar surface area (TPSA) is 112 Å². The lowest BCUT2D eigenvalue weighted by Crippen LogP contribution is -2.18. The molecular formula is C23H23N6O2P. The Hall–Kier alpha value is -3.64. The number of anilines is 5. The summed E-state index contributed by atoms with van der Waals surface area (Å²) >= 11 is 0. The number of amides is 1. The summed E-state index contributed by atoms with van der Waals surface area (Å²) in [6.07, 6.45) is 3.04. The molecule has 4 aromatic rings. The van der Waals surface area contributed by atoms with Gasteiger partial charge in [-0.1, -0.05) is 18.2 Å². The molecule has 1 aliphatic rings. The normalized spacial score (nSPS) is 13.5. The van der Waals surface area contributed by atoms with Gasteiger partial charge in [-0.2, -0.15) is 9.97 Å². The Balaban J connectivity index is 1.50. The monoisotopic (exact) mass is 446 g/mol.